The van der Waals surface area contributed by atoms with Crippen molar-refractivity contribution in [3.63, 3.8) is 0 Å². The predicted molar refractivity (Wildman–Crippen MR) is 103 cm³/mol. The quantitative estimate of drug-likeness (QED) is 0.817. The van der Waals surface area contributed by atoms with Crippen molar-refractivity contribution in [1.82, 2.24) is 5.32 Å². The highest BCUT2D eigenvalue weighted by atomic mass is 35.5. The summed E-state index contributed by atoms with van der Waals surface area (Å²) >= 11 is 5.94. The molecule has 0 heterocycles. The van der Waals surface area contributed by atoms with E-state index in [2.05, 4.69) is 5.32 Å². The first-order chi connectivity index (χ1) is 11.6. The summed E-state index contributed by atoms with van der Waals surface area (Å²) in [6.45, 7) is 0. The average Bonchev–Trinajstić information content (AvgIpc) is 2.57. The van der Waals surface area contributed by atoms with Crippen LogP contribution < -0.4 is 15.8 Å². The topological polar surface area (TPSA) is 64.3 Å². The first-order valence-corrected chi connectivity index (χ1v) is 8.58. The summed E-state index contributed by atoms with van der Waals surface area (Å²) in [5.41, 5.74) is 6.52. The maximum atomic E-state index is 12.3. The van der Waals surface area contributed by atoms with Gasteiger partial charge in [0, 0.05) is 22.7 Å². The highest BCUT2D eigenvalue weighted by Crippen LogP contribution is 2.24. The minimum atomic E-state index is -0.0511. The summed E-state index contributed by atoms with van der Waals surface area (Å²) in [4.78, 5) is 12.3. The Hall–Kier alpha value is -1.75. The molecule has 1 amide bonds. The Bertz CT molecular complexity index is 699. The molecule has 25 heavy (non-hydrogen) atoms. The monoisotopic (exact) mass is 380 g/mol. The third-order valence-corrected chi connectivity index (χ3v) is 4.49. The maximum absolute atomic E-state index is 12.3. The van der Waals surface area contributed by atoms with Crippen molar-refractivity contribution in [2.75, 3.05) is 0 Å². The molecule has 0 radical (unpaired) electrons. The van der Waals surface area contributed by atoms with E-state index >= 15 is 0 Å². The molecule has 134 valence electrons. The van der Waals surface area contributed by atoms with Crippen LogP contribution in [0.2, 0.25) is 5.02 Å². The zero-order chi connectivity index (χ0) is 16.9. The van der Waals surface area contributed by atoms with E-state index in [0.717, 1.165) is 25.7 Å². The molecule has 0 atom stereocenters. The van der Waals surface area contributed by atoms with Crippen molar-refractivity contribution in [1.29, 1.82) is 0 Å². The number of amides is 1. The lowest BCUT2D eigenvalue weighted by Crippen LogP contribution is -2.40. The number of benzene rings is 2. The molecule has 0 aromatic heterocycles. The minimum Gasteiger partial charge on any atom is -0.457 e. The van der Waals surface area contributed by atoms with Crippen LogP contribution in [-0.2, 0) is 0 Å². The molecule has 0 unspecified atom stereocenters. The lowest BCUT2D eigenvalue weighted by molar-refractivity contribution is 0.0926. The van der Waals surface area contributed by atoms with Gasteiger partial charge in [0.05, 0.1) is 0 Å². The first kappa shape index (κ1) is 19.6. The zero-order valence-electron chi connectivity index (χ0n) is 13.8. The molecule has 1 aliphatic rings. The summed E-state index contributed by atoms with van der Waals surface area (Å²) < 4.78 is 5.73. The molecule has 1 aliphatic carbocycles. The van der Waals surface area contributed by atoms with Crippen molar-refractivity contribution in [2.24, 2.45) is 5.73 Å². The Labute approximate surface area is 159 Å². The van der Waals surface area contributed by atoms with Crippen LogP contribution in [0.1, 0.15) is 36.0 Å². The van der Waals surface area contributed by atoms with E-state index in [-0.39, 0.29) is 30.4 Å². The van der Waals surface area contributed by atoms with Crippen molar-refractivity contribution < 1.29 is 9.53 Å². The normalized spacial score (nSPS) is 19.6. The van der Waals surface area contributed by atoms with E-state index in [9.17, 15) is 4.79 Å². The number of ether oxygens (including phenoxy) is 1. The first-order valence-electron chi connectivity index (χ1n) is 8.20. The number of nitrogens with two attached hydrogens (primary N) is 1. The van der Waals surface area contributed by atoms with E-state index in [0.29, 0.717) is 22.1 Å². The van der Waals surface area contributed by atoms with Crippen molar-refractivity contribution in [3.8, 4) is 11.5 Å². The highest BCUT2D eigenvalue weighted by molar-refractivity contribution is 6.30. The third kappa shape index (κ3) is 5.63. The number of nitrogens with one attached hydrogen (secondary N) is 1. The lowest BCUT2D eigenvalue weighted by Gasteiger charge is -2.26. The second-order valence-electron chi connectivity index (χ2n) is 6.17. The van der Waals surface area contributed by atoms with Gasteiger partial charge in [0.1, 0.15) is 11.5 Å². The molecule has 2 aromatic rings. The van der Waals surface area contributed by atoms with Gasteiger partial charge in [0.15, 0.2) is 0 Å². The molecule has 0 spiro atoms. The van der Waals surface area contributed by atoms with Gasteiger partial charge < -0.3 is 15.8 Å². The maximum Gasteiger partial charge on any atom is 0.251 e. The Kier molecular flexibility index (Phi) is 7.12. The fourth-order valence-corrected chi connectivity index (χ4v) is 3.05. The lowest BCUT2D eigenvalue weighted by atomic mass is 9.91. The molecule has 6 heteroatoms. The van der Waals surface area contributed by atoms with E-state index in [1.54, 1.807) is 36.4 Å². The Morgan fingerprint density at radius 2 is 1.72 bits per heavy atom. The number of carbonyl (C=O) groups is 1. The number of halogens is 2. The number of hydrogen-bond acceptors (Lipinski definition) is 3. The standard InChI is InChI=1S/C19H21ClN2O2.ClH/c20-14-2-1-3-18(12-14)24-17-10-4-13(5-11-17)19(23)22-16-8-6-15(21)7-9-16;/h1-5,10-12,15-16H,6-9,21H2,(H,22,23);1H. The SMILES string of the molecule is Cl.NC1CCC(NC(=O)c2ccc(Oc3cccc(Cl)c3)cc2)CC1. The van der Waals surface area contributed by atoms with Crippen LogP contribution in [0.4, 0.5) is 0 Å². The molecular weight excluding hydrogens is 359 g/mol. The Morgan fingerprint density at radius 3 is 2.36 bits per heavy atom. The van der Waals surface area contributed by atoms with Crippen LogP contribution in [0.15, 0.2) is 48.5 Å². The van der Waals surface area contributed by atoms with Crippen molar-refractivity contribution in [3.05, 3.63) is 59.1 Å². The van der Waals surface area contributed by atoms with Gasteiger partial charge in [0.25, 0.3) is 5.91 Å². The number of carbonyl (C=O) groups excluding carboxylic acids is 1. The summed E-state index contributed by atoms with van der Waals surface area (Å²) in [7, 11) is 0. The van der Waals surface area contributed by atoms with E-state index in [1.807, 2.05) is 12.1 Å². The molecule has 0 bridgehead atoms. The summed E-state index contributed by atoms with van der Waals surface area (Å²) in [6, 6.07) is 14.8. The summed E-state index contributed by atoms with van der Waals surface area (Å²) in [5.74, 6) is 1.28. The predicted octanol–water partition coefficient (Wildman–Crippen LogP) is 4.55. The number of hydrogen-bond donors (Lipinski definition) is 2. The highest BCUT2D eigenvalue weighted by Gasteiger charge is 2.20. The van der Waals surface area contributed by atoms with Gasteiger partial charge in [0.2, 0.25) is 0 Å². The van der Waals surface area contributed by atoms with Crippen LogP contribution in [0.25, 0.3) is 0 Å². The molecular formula is C19H22Cl2N2O2. The molecule has 2 aromatic carbocycles. The van der Waals surface area contributed by atoms with Crippen molar-refractivity contribution in [2.45, 2.75) is 37.8 Å². The second kappa shape index (κ2) is 9.09. The van der Waals surface area contributed by atoms with Crippen LogP contribution in [-0.4, -0.2) is 18.0 Å². The average molecular weight is 381 g/mol. The van der Waals surface area contributed by atoms with Crippen LogP contribution >= 0.6 is 24.0 Å². The van der Waals surface area contributed by atoms with Gasteiger partial charge in [-0.05, 0) is 68.1 Å². The van der Waals surface area contributed by atoms with E-state index < -0.39 is 0 Å². The Morgan fingerprint density at radius 1 is 1.04 bits per heavy atom. The smallest absolute Gasteiger partial charge is 0.251 e. The fourth-order valence-electron chi connectivity index (χ4n) is 2.87. The minimum absolute atomic E-state index is 0. The zero-order valence-corrected chi connectivity index (χ0v) is 15.4. The van der Waals surface area contributed by atoms with E-state index in [4.69, 9.17) is 22.1 Å². The third-order valence-electron chi connectivity index (χ3n) is 4.26. The second-order valence-corrected chi connectivity index (χ2v) is 6.61. The van der Waals surface area contributed by atoms with Gasteiger partial charge in [-0.1, -0.05) is 17.7 Å². The molecule has 3 N–H and O–H groups in total. The Balaban J connectivity index is 0.00000225. The largest absolute Gasteiger partial charge is 0.457 e. The van der Waals surface area contributed by atoms with Gasteiger partial charge in [-0.2, -0.15) is 0 Å². The summed E-state index contributed by atoms with van der Waals surface area (Å²) in [5, 5.41) is 3.70. The van der Waals surface area contributed by atoms with Gasteiger partial charge in [-0.15, -0.1) is 12.4 Å². The van der Waals surface area contributed by atoms with E-state index in [1.165, 1.54) is 0 Å². The van der Waals surface area contributed by atoms with Crippen LogP contribution in [0, 0.1) is 0 Å². The molecule has 4 nitrogen and oxygen atoms in total. The fraction of sp³-hybridized carbons (Fsp3) is 0.316. The molecule has 1 saturated carbocycles. The molecule has 3 rings (SSSR count). The molecule has 1 fully saturated rings. The van der Waals surface area contributed by atoms with Crippen LogP contribution in [0.3, 0.4) is 0 Å². The number of rotatable bonds is 4. The molecule has 0 aliphatic heterocycles. The summed E-state index contributed by atoms with van der Waals surface area (Å²) in [6.07, 6.45) is 3.83. The molecule has 0 saturated heterocycles. The van der Waals surface area contributed by atoms with Gasteiger partial charge in [-0.3, -0.25) is 4.79 Å². The van der Waals surface area contributed by atoms with Gasteiger partial charge in [-0.25, -0.2) is 0 Å². The van der Waals surface area contributed by atoms with Crippen LogP contribution in [0.5, 0.6) is 11.5 Å². The van der Waals surface area contributed by atoms with Gasteiger partial charge >= 0.3 is 0 Å². The van der Waals surface area contributed by atoms with Crippen molar-refractivity contribution >= 4 is 29.9 Å².